The lowest BCUT2D eigenvalue weighted by Crippen LogP contribution is -2.39. The van der Waals surface area contributed by atoms with Gasteiger partial charge in [-0.3, -0.25) is 4.79 Å². The second-order valence-electron chi connectivity index (χ2n) is 4.52. The number of carbonyl (C=O) groups is 1. The summed E-state index contributed by atoms with van der Waals surface area (Å²) < 4.78 is 0.996. The maximum absolute atomic E-state index is 12.2. The second kappa shape index (κ2) is 6.31. The molecule has 1 amide bonds. The number of nitrogens with two attached hydrogens (primary N) is 1. The molecule has 18 heavy (non-hydrogen) atoms. The fourth-order valence-electron chi connectivity index (χ4n) is 2.37. The van der Waals surface area contributed by atoms with Crippen molar-refractivity contribution >= 4 is 21.8 Å². The second-order valence-corrected chi connectivity index (χ2v) is 5.44. The normalized spacial score (nSPS) is 19.2. The van der Waals surface area contributed by atoms with Crippen LogP contribution in [0.3, 0.4) is 0 Å². The molecule has 1 fully saturated rings. The average Bonchev–Trinajstić information content (AvgIpc) is 2.78. The Kier molecular flexibility index (Phi) is 4.74. The number of rotatable bonds is 4. The van der Waals surface area contributed by atoms with Gasteiger partial charge in [0.1, 0.15) is 0 Å². The molecule has 1 heterocycles. The molecule has 1 aliphatic rings. The molecule has 1 aromatic rings. The van der Waals surface area contributed by atoms with E-state index in [1.54, 1.807) is 0 Å². The smallest absolute Gasteiger partial charge is 0.227 e. The molecular weight excluding hydrogens is 296 g/mol. The summed E-state index contributed by atoms with van der Waals surface area (Å²) in [4.78, 5) is 18.8. The monoisotopic (exact) mass is 312 g/mol. The first-order valence-electron chi connectivity index (χ1n) is 6.06. The number of hydrogen-bond donors (Lipinski definition) is 1. The summed E-state index contributed by atoms with van der Waals surface area (Å²) in [7, 11) is 0. The fourth-order valence-corrected chi connectivity index (χ4v) is 2.82. The van der Waals surface area contributed by atoms with Crippen molar-refractivity contribution in [2.45, 2.75) is 25.3 Å². The average molecular weight is 313 g/mol. The maximum Gasteiger partial charge on any atom is 0.227 e. The number of hydrogen-bond acceptors (Lipinski definition) is 3. The lowest BCUT2D eigenvalue weighted by molar-refractivity contribution is -0.132. The van der Waals surface area contributed by atoms with Gasteiger partial charge in [-0.25, -0.2) is 5.90 Å². The number of likely N-dealkylation sites (tertiary alicyclic amines) is 1. The highest BCUT2D eigenvalue weighted by molar-refractivity contribution is 9.10. The lowest BCUT2D eigenvalue weighted by Gasteiger charge is -2.23. The molecular formula is C13H17BrN2O2. The lowest BCUT2D eigenvalue weighted by atomic mass is 10.1. The SMILES string of the molecule is NOCC1CCCN1C(=O)Cc1cccc(Br)c1. The molecule has 1 aliphatic heterocycles. The minimum atomic E-state index is 0.134. The molecule has 1 saturated heterocycles. The highest BCUT2D eigenvalue weighted by Crippen LogP contribution is 2.19. The van der Waals surface area contributed by atoms with Gasteiger partial charge in [0.25, 0.3) is 0 Å². The van der Waals surface area contributed by atoms with Crippen LogP contribution in [0.1, 0.15) is 18.4 Å². The van der Waals surface area contributed by atoms with E-state index in [2.05, 4.69) is 20.8 Å². The van der Waals surface area contributed by atoms with Crippen LogP contribution in [0, 0.1) is 0 Å². The molecule has 2 rings (SSSR count). The Morgan fingerprint density at radius 3 is 3.11 bits per heavy atom. The molecule has 2 N–H and O–H groups in total. The molecule has 98 valence electrons. The predicted molar refractivity (Wildman–Crippen MR) is 72.7 cm³/mol. The summed E-state index contributed by atoms with van der Waals surface area (Å²) in [6, 6.07) is 7.97. The van der Waals surface area contributed by atoms with E-state index in [1.807, 2.05) is 29.2 Å². The Morgan fingerprint density at radius 1 is 1.56 bits per heavy atom. The van der Waals surface area contributed by atoms with Crippen LogP contribution in [-0.4, -0.2) is 30.0 Å². The van der Waals surface area contributed by atoms with Crippen LogP contribution in [0.25, 0.3) is 0 Å². The molecule has 0 bridgehead atoms. The van der Waals surface area contributed by atoms with Crippen molar-refractivity contribution in [3.8, 4) is 0 Å². The standard InChI is InChI=1S/C13H17BrN2O2/c14-11-4-1-3-10(7-11)8-13(17)16-6-2-5-12(16)9-18-15/h1,3-4,7,12H,2,5-6,8-9,15H2. The third kappa shape index (κ3) is 3.31. The third-order valence-corrected chi connectivity index (χ3v) is 3.72. The zero-order chi connectivity index (χ0) is 13.0. The van der Waals surface area contributed by atoms with Crippen LogP contribution >= 0.6 is 15.9 Å². The maximum atomic E-state index is 12.2. The molecule has 1 atom stereocenters. The van der Waals surface area contributed by atoms with Crippen LogP contribution in [0.15, 0.2) is 28.7 Å². The predicted octanol–water partition coefficient (Wildman–Crippen LogP) is 1.87. The number of benzene rings is 1. The molecule has 1 aromatic carbocycles. The summed E-state index contributed by atoms with van der Waals surface area (Å²) in [5, 5.41) is 0. The van der Waals surface area contributed by atoms with Gasteiger partial charge in [-0.1, -0.05) is 28.1 Å². The van der Waals surface area contributed by atoms with Crippen molar-refractivity contribution in [3.05, 3.63) is 34.3 Å². The number of halogens is 1. The van der Waals surface area contributed by atoms with Crippen molar-refractivity contribution in [2.75, 3.05) is 13.2 Å². The van der Waals surface area contributed by atoms with Crippen molar-refractivity contribution in [2.24, 2.45) is 5.90 Å². The topological polar surface area (TPSA) is 55.6 Å². The molecule has 0 radical (unpaired) electrons. The quantitative estimate of drug-likeness (QED) is 0.864. The minimum absolute atomic E-state index is 0.134. The third-order valence-electron chi connectivity index (χ3n) is 3.23. The zero-order valence-electron chi connectivity index (χ0n) is 10.1. The van der Waals surface area contributed by atoms with Gasteiger partial charge in [0.15, 0.2) is 0 Å². The van der Waals surface area contributed by atoms with Crippen molar-refractivity contribution in [1.82, 2.24) is 4.90 Å². The Labute approximate surface area is 115 Å². The summed E-state index contributed by atoms with van der Waals surface area (Å²) in [6.07, 6.45) is 2.43. The van der Waals surface area contributed by atoms with E-state index in [0.717, 1.165) is 29.4 Å². The van der Waals surface area contributed by atoms with Gasteiger partial charge in [-0.2, -0.15) is 0 Å². The van der Waals surface area contributed by atoms with Gasteiger partial charge in [-0.05, 0) is 30.5 Å². The molecule has 1 unspecified atom stereocenters. The van der Waals surface area contributed by atoms with Gasteiger partial charge >= 0.3 is 0 Å². The Hall–Kier alpha value is -0.910. The van der Waals surface area contributed by atoms with E-state index in [4.69, 9.17) is 5.90 Å². The van der Waals surface area contributed by atoms with Crippen LogP contribution in [0.5, 0.6) is 0 Å². The minimum Gasteiger partial charge on any atom is -0.337 e. The van der Waals surface area contributed by atoms with Crippen molar-refractivity contribution < 1.29 is 9.63 Å². The highest BCUT2D eigenvalue weighted by Gasteiger charge is 2.28. The Balaban J connectivity index is 1.99. The van der Waals surface area contributed by atoms with Crippen LogP contribution in [0.4, 0.5) is 0 Å². The summed E-state index contributed by atoms with van der Waals surface area (Å²) >= 11 is 3.41. The van der Waals surface area contributed by atoms with Crippen molar-refractivity contribution in [3.63, 3.8) is 0 Å². The largest absolute Gasteiger partial charge is 0.337 e. The number of carbonyl (C=O) groups excluding carboxylic acids is 1. The first-order valence-corrected chi connectivity index (χ1v) is 6.85. The zero-order valence-corrected chi connectivity index (χ0v) is 11.7. The van der Waals surface area contributed by atoms with Gasteiger partial charge in [0.05, 0.1) is 19.1 Å². The molecule has 0 aromatic heterocycles. The highest BCUT2D eigenvalue weighted by atomic mass is 79.9. The Morgan fingerprint density at radius 2 is 2.39 bits per heavy atom. The number of nitrogens with zero attached hydrogens (tertiary/aromatic N) is 1. The van der Waals surface area contributed by atoms with Crippen LogP contribution in [-0.2, 0) is 16.1 Å². The van der Waals surface area contributed by atoms with E-state index in [1.165, 1.54) is 0 Å². The summed E-state index contributed by atoms with van der Waals surface area (Å²) in [6.45, 7) is 1.23. The molecule has 5 heteroatoms. The molecule has 0 saturated carbocycles. The van der Waals surface area contributed by atoms with Crippen LogP contribution in [0.2, 0.25) is 0 Å². The van der Waals surface area contributed by atoms with E-state index < -0.39 is 0 Å². The van der Waals surface area contributed by atoms with Crippen LogP contribution < -0.4 is 5.90 Å². The fraction of sp³-hybridized carbons (Fsp3) is 0.462. The summed E-state index contributed by atoms with van der Waals surface area (Å²) in [5.41, 5.74) is 1.02. The van der Waals surface area contributed by atoms with E-state index in [9.17, 15) is 4.79 Å². The summed E-state index contributed by atoms with van der Waals surface area (Å²) in [5.74, 6) is 5.24. The van der Waals surface area contributed by atoms with Gasteiger partial charge in [-0.15, -0.1) is 0 Å². The molecule has 4 nitrogen and oxygen atoms in total. The van der Waals surface area contributed by atoms with E-state index in [-0.39, 0.29) is 11.9 Å². The Bertz CT molecular complexity index is 425. The van der Waals surface area contributed by atoms with E-state index >= 15 is 0 Å². The molecule has 0 spiro atoms. The number of amides is 1. The molecule has 0 aliphatic carbocycles. The first kappa shape index (κ1) is 13.5. The van der Waals surface area contributed by atoms with Gasteiger partial charge in [0.2, 0.25) is 5.91 Å². The van der Waals surface area contributed by atoms with Gasteiger partial charge in [0, 0.05) is 11.0 Å². The van der Waals surface area contributed by atoms with Gasteiger partial charge < -0.3 is 9.74 Å². The first-order chi connectivity index (χ1) is 8.70. The van der Waals surface area contributed by atoms with Crippen molar-refractivity contribution in [1.29, 1.82) is 0 Å². The van der Waals surface area contributed by atoms with E-state index in [0.29, 0.717) is 13.0 Å².